The topological polar surface area (TPSA) is 31.4 Å². The predicted octanol–water partition coefficient (Wildman–Crippen LogP) is 2.29. The van der Waals surface area contributed by atoms with Crippen LogP contribution in [0.5, 0.6) is 0 Å². The molecule has 3 nitrogen and oxygen atoms in total. The summed E-state index contributed by atoms with van der Waals surface area (Å²) < 4.78 is 23.4. The van der Waals surface area contributed by atoms with Crippen LogP contribution >= 0.6 is 0 Å². The van der Waals surface area contributed by atoms with Gasteiger partial charge in [-0.2, -0.15) is 4.39 Å². The Morgan fingerprint density at radius 1 is 1.36 bits per heavy atom. The Hall–Kier alpha value is -1.00. The fourth-order valence-electron chi connectivity index (χ4n) is 1.11. The summed E-state index contributed by atoms with van der Waals surface area (Å²) >= 11 is 0. The molecule has 0 amide bonds. The molecule has 0 saturated carbocycles. The molecule has 0 aliphatic rings. The lowest BCUT2D eigenvalue weighted by Crippen LogP contribution is -2.09. The number of aromatic nitrogens is 1. The normalized spacial score (nSPS) is 10.9. The van der Waals surface area contributed by atoms with Gasteiger partial charge in [0.2, 0.25) is 5.95 Å². The molecule has 78 valence electrons. The Labute approximate surface area is 82.9 Å². The van der Waals surface area contributed by atoms with Gasteiger partial charge in [0, 0.05) is 31.0 Å². The molecule has 0 radical (unpaired) electrons. The fourth-order valence-corrected chi connectivity index (χ4v) is 1.11. The van der Waals surface area contributed by atoms with E-state index in [-0.39, 0.29) is 0 Å². The van der Waals surface area contributed by atoms with Crippen LogP contribution < -0.4 is 0 Å². The van der Waals surface area contributed by atoms with Crippen molar-refractivity contribution in [2.45, 2.75) is 20.1 Å². The summed E-state index contributed by atoms with van der Waals surface area (Å²) in [5, 5.41) is 0. The SMILES string of the molecule is CCOC(OCC)c1ccnc(F)c1. The Morgan fingerprint density at radius 3 is 2.50 bits per heavy atom. The maximum absolute atomic E-state index is 12.8. The van der Waals surface area contributed by atoms with Crippen molar-refractivity contribution in [1.29, 1.82) is 0 Å². The lowest BCUT2D eigenvalue weighted by molar-refractivity contribution is -0.140. The molecule has 1 aromatic rings. The van der Waals surface area contributed by atoms with Gasteiger partial charge in [0.25, 0.3) is 0 Å². The molecule has 0 bridgehead atoms. The summed E-state index contributed by atoms with van der Waals surface area (Å²) in [4.78, 5) is 3.46. The molecule has 0 aliphatic carbocycles. The van der Waals surface area contributed by atoms with Crippen molar-refractivity contribution in [3.05, 3.63) is 29.8 Å². The van der Waals surface area contributed by atoms with Crippen molar-refractivity contribution in [3.8, 4) is 0 Å². The number of halogens is 1. The van der Waals surface area contributed by atoms with E-state index in [1.807, 2.05) is 13.8 Å². The zero-order chi connectivity index (χ0) is 10.4. The summed E-state index contributed by atoms with van der Waals surface area (Å²) in [6.45, 7) is 4.77. The molecule has 0 spiro atoms. The third-order valence-corrected chi connectivity index (χ3v) is 1.66. The van der Waals surface area contributed by atoms with E-state index in [1.54, 1.807) is 6.07 Å². The van der Waals surface area contributed by atoms with Crippen molar-refractivity contribution >= 4 is 0 Å². The summed E-state index contributed by atoms with van der Waals surface area (Å²) in [6, 6.07) is 3.00. The number of hydrogen-bond acceptors (Lipinski definition) is 3. The highest BCUT2D eigenvalue weighted by molar-refractivity contribution is 5.12. The lowest BCUT2D eigenvalue weighted by atomic mass is 10.2. The Bertz CT molecular complexity index is 275. The predicted molar refractivity (Wildman–Crippen MR) is 50.2 cm³/mol. The number of nitrogens with zero attached hydrogens (tertiary/aromatic N) is 1. The van der Waals surface area contributed by atoms with Crippen molar-refractivity contribution < 1.29 is 13.9 Å². The van der Waals surface area contributed by atoms with E-state index >= 15 is 0 Å². The minimum absolute atomic E-state index is 0.498. The van der Waals surface area contributed by atoms with Crippen LogP contribution in [0.15, 0.2) is 18.3 Å². The molecule has 0 fully saturated rings. The van der Waals surface area contributed by atoms with Crippen molar-refractivity contribution in [1.82, 2.24) is 4.98 Å². The molecule has 0 saturated heterocycles. The molecule has 0 N–H and O–H groups in total. The van der Waals surface area contributed by atoms with Crippen LogP contribution in [0.1, 0.15) is 25.7 Å². The van der Waals surface area contributed by atoms with E-state index in [0.717, 1.165) is 0 Å². The van der Waals surface area contributed by atoms with Gasteiger partial charge in [-0.1, -0.05) is 0 Å². The van der Waals surface area contributed by atoms with Gasteiger partial charge in [0.1, 0.15) is 0 Å². The third-order valence-electron chi connectivity index (χ3n) is 1.66. The largest absolute Gasteiger partial charge is 0.349 e. The molecule has 1 heterocycles. The molecule has 0 aliphatic heterocycles. The van der Waals surface area contributed by atoms with E-state index in [0.29, 0.717) is 18.8 Å². The van der Waals surface area contributed by atoms with E-state index in [2.05, 4.69) is 4.98 Å². The zero-order valence-corrected chi connectivity index (χ0v) is 8.37. The standard InChI is InChI=1S/C10H14FNO2/c1-3-13-10(14-4-2)8-5-6-12-9(11)7-8/h5-7,10H,3-4H2,1-2H3. The van der Waals surface area contributed by atoms with Crippen molar-refractivity contribution in [2.75, 3.05) is 13.2 Å². The van der Waals surface area contributed by atoms with Crippen LogP contribution in [-0.2, 0) is 9.47 Å². The summed E-state index contributed by atoms with van der Waals surface area (Å²) in [5.74, 6) is -0.521. The molecule has 0 aromatic carbocycles. The highest BCUT2D eigenvalue weighted by Gasteiger charge is 2.11. The molecule has 1 aromatic heterocycles. The third kappa shape index (κ3) is 3.05. The van der Waals surface area contributed by atoms with Gasteiger partial charge in [0.05, 0.1) is 0 Å². The molecule has 14 heavy (non-hydrogen) atoms. The Balaban J connectivity index is 2.75. The van der Waals surface area contributed by atoms with E-state index in [1.165, 1.54) is 12.3 Å². The smallest absolute Gasteiger partial charge is 0.213 e. The number of rotatable bonds is 5. The van der Waals surface area contributed by atoms with Crippen molar-refractivity contribution in [3.63, 3.8) is 0 Å². The van der Waals surface area contributed by atoms with Gasteiger partial charge in [-0.3, -0.25) is 0 Å². The summed E-state index contributed by atoms with van der Waals surface area (Å²) in [7, 11) is 0. The van der Waals surface area contributed by atoms with Crippen molar-refractivity contribution in [2.24, 2.45) is 0 Å². The quantitative estimate of drug-likeness (QED) is 0.538. The minimum atomic E-state index is -0.521. The molecule has 0 atom stereocenters. The highest BCUT2D eigenvalue weighted by atomic mass is 19.1. The Kier molecular flexibility index (Phi) is 4.49. The summed E-state index contributed by atoms with van der Waals surface area (Å²) in [6.07, 6.45) is 0.901. The van der Waals surface area contributed by atoms with Crippen LogP contribution in [-0.4, -0.2) is 18.2 Å². The summed E-state index contributed by atoms with van der Waals surface area (Å²) in [5.41, 5.74) is 0.654. The second-order valence-electron chi connectivity index (χ2n) is 2.65. The number of pyridine rings is 1. The molecular weight excluding hydrogens is 185 g/mol. The first-order valence-corrected chi connectivity index (χ1v) is 4.62. The maximum atomic E-state index is 12.8. The zero-order valence-electron chi connectivity index (χ0n) is 8.37. The van der Waals surface area contributed by atoms with E-state index in [4.69, 9.17) is 9.47 Å². The molecule has 0 unspecified atom stereocenters. The van der Waals surface area contributed by atoms with Crippen LogP contribution in [0.2, 0.25) is 0 Å². The average Bonchev–Trinajstić information content (AvgIpc) is 2.17. The first kappa shape index (κ1) is 11.1. The van der Waals surface area contributed by atoms with E-state index < -0.39 is 12.2 Å². The minimum Gasteiger partial charge on any atom is -0.349 e. The van der Waals surface area contributed by atoms with Gasteiger partial charge in [-0.05, 0) is 19.9 Å². The molecule has 1 rings (SSSR count). The fraction of sp³-hybridized carbons (Fsp3) is 0.500. The van der Waals surface area contributed by atoms with Gasteiger partial charge >= 0.3 is 0 Å². The number of ether oxygens (including phenoxy) is 2. The van der Waals surface area contributed by atoms with Crippen LogP contribution in [0.4, 0.5) is 4.39 Å². The highest BCUT2D eigenvalue weighted by Crippen LogP contribution is 2.18. The Morgan fingerprint density at radius 2 is 2.00 bits per heavy atom. The van der Waals surface area contributed by atoms with Crippen LogP contribution in [0, 0.1) is 5.95 Å². The van der Waals surface area contributed by atoms with Crippen LogP contribution in [0.3, 0.4) is 0 Å². The van der Waals surface area contributed by atoms with Gasteiger partial charge in [-0.25, -0.2) is 4.98 Å². The van der Waals surface area contributed by atoms with Gasteiger partial charge in [-0.15, -0.1) is 0 Å². The molecular formula is C10H14FNO2. The second kappa shape index (κ2) is 5.67. The first-order chi connectivity index (χ1) is 6.77. The van der Waals surface area contributed by atoms with E-state index in [9.17, 15) is 4.39 Å². The first-order valence-electron chi connectivity index (χ1n) is 4.62. The lowest BCUT2D eigenvalue weighted by Gasteiger charge is -2.16. The van der Waals surface area contributed by atoms with Crippen LogP contribution in [0.25, 0.3) is 0 Å². The second-order valence-corrected chi connectivity index (χ2v) is 2.65. The molecule has 4 heteroatoms. The number of hydrogen-bond donors (Lipinski definition) is 0. The maximum Gasteiger partial charge on any atom is 0.213 e. The van der Waals surface area contributed by atoms with Gasteiger partial charge < -0.3 is 9.47 Å². The monoisotopic (exact) mass is 199 g/mol. The van der Waals surface area contributed by atoms with Gasteiger partial charge in [0.15, 0.2) is 6.29 Å². The average molecular weight is 199 g/mol.